The third-order valence-corrected chi connectivity index (χ3v) is 4.02. The summed E-state index contributed by atoms with van der Waals surface area (Å²) in [5.41, 5.74) is 5.79. The van der Waals surface area contributed by atoms with Crippen LogP contribution in [0.2, 0.25) is 0 Å². The molecule has 1 aliphatic rings. The first-order valence-electron chi connectivity index (χ1n) is 5.59. The smallest absolute Gasteiger partial charge is 0.203 e. The summed E-state index contributed by atoms with van der Waals surface area (Å²) in [4.78, 5) is 0. The van der Waals surface area contributed by atoms with Crippen molar-refractivity contribution in [3.63, 3.8) is 0 Å². The summed E-state index contributed by atoms with van der Waals surface area (Å²) in [6.45, 7) is 2.06. The summed E-state index contributed by atoms with van der Waals surface area (Å²) in [5, 5.41) is 23.0. The van der Waals surface area contributed by atoms with Gasteiger partial charge in [0.05, 0.1) is 6.04 Å². The second kappa shape index (κ2) is 5.77. The Balaban J connectivity index is 2.38. The predicted molar refractivity (Wildman–Crippen MR) is 68.6 cm³/mol. The Morgan fingerprint density at radius 2 is 2.13 bits per heavy atom. The molecule has 1 aliphatic carbocycles. The van der Waals surface area contributed by atoms with Crippen molar-refractivity contribution in [3.05, 3.63) is 0 Å². The lowest BCUT2D eigenvalue weighted by molar-refractivity contribution is -0.178. The molecule has 0 aromatic rings. The predicted octanol–water partition coefficient (Wildman–Crippen LogP) is 0.698. The summed E-state index contributed by atoms with van der Waals surface area (Å²) in [7, 11) is 0. The van der Waals surface area contributed by atoms with Gasteiger partial charge in [0, 0.05) is 6.04 Å². The molecule has 5 N–H and O–H groups in total. The van der Waals surface area contributed by atoms with Gasteiger partial charge in [0.25, 0.3) is 0 Å². The first-order chi connectivity index (χ1) is 6.98. The molecule has 4 nitrogen and oxygen atoms in total. The molecule has 0 radical (unpaired) electrons. The van der Waals surface area contributed by atoms with Crippen molar-refractivity contribution in [2.45, 2.75) is 60.9 Å². The lowest BCUT2D eigenvalue weighted by Gasteiger charge is -2.33. The van der Waals surface area contributed by atoms with E-state index in [2.05, 4.69) is 12.2 Å². The number of rotatable bonds is 7. The molecule has 0 saturated heterocycles. The quantitative estimate of drug-likeness (QED) is 0.240. The second-order valence-corrected chi connectivity index (χ2v) is 5.58. The normalized spacial score (nSPS) is 21.4. The van der Waals surface area contributed by atoms with Crippen LogP contribution in [0.5, 0.6) is 0 Å². The molecule has 90 valence electrons. The van der Waals surface area contributed by atoms with Gasteiger partial charge in [0.15, 0.2) is 0 Å². The maximum Gasteiger partial charge on any atom is 0.203 e. The fourth-order valence-electron chi connectivity index (χ4n) is 1.40. The molecule has 1 unspecified atom stereocenters. The highest BCUT2D eigenvalue weighted by atomic mass is 127. The third kappa shape index (κ3) is 4.14. The lowest BCUT2D eigenvalue weighted by atomic mass is 10.0. The van der Waals surface area contributed by atoms with Crippen LogP contribution < -0.4 is 11.1 Å². The molecule has 0 aromatic heterocycles. The van der Waals surface area contributed by atoms with Crippen LogP contribution in [0.25, 0.3) is 0 Å². The van der Waals surface area contributed by atoms with Crippen LogP contribution in [0.15, 0.2) is 0 Å². The van der Waals surface area contributed by atoms with E-state index in [0.717, 1.165) is 25.7 Å². The number of hydrogen-bond acceptors (Lipinski definition) is 4. The lowest BCUT2D eigenvalue weighted by Crippen LogP contribution is -2.58. The van der Waals surface area contributed by atoms with Gasteiger partial charge in [-0.3, -0.25) is 5.32 Å². The molecule has 2 atom stereocenters. The summed E-state index contributed by atoms with van der Waals surface area (Å²) in [6, 6.07) is -0.130. The molecule has 15 heavy (non-hydrogen) atoms. The molecule has 0 aliphatic heterocycles. The van der Waals surface area contributed by atoms with Gasteiger partial charge in [-0.15, -0.1) is 0 Å². The number of alkyl halides is 1. The van der Waals surface area contributed by atoms with Crippen molar-refractivity contribution >= 4 is 22.6 Å². The van der Waals surface area contributed by atoms with Crippen LogP contribution in [0, 0.1) is 0 Å². The molecular weight excluding hydrogens is 307 g/mol. The minimum atomic E-state index is -1.81. The van der Waals surface area contributed by atoms with Gasteiger partial charge in [0.1, 0.15) is 4.05 Å². The van der Waals surface area contributed by atoms with E-state index in [1.807, 2.05) is 22.6 Å². The van der Waals surface area contributed by atoms with Crippen molar-refractivity contribution in [1.82, 2.24) is 5.32 Å². The van der Waals surface area contributed by atoms with Gasteiger partial charge >= 0.3 is 0 Å². The fourth-order valence-corrected chi connectivity index (χ4v) is 2.37. The monoisotopic (exact) mass is 328 g/mol. The molecule has 0 amide bonds. The standard InChI is InChI=1S/C10H21IN2O2/c1-2-3-4-8(12)10(14,15)9(11)13-7-5-6-7/h7-9,13-15H,2-6,12H2,1H3/t8-,9?/m0/s1. The van der Waals surface area contributed by atoms with E-state index in [0.29, 0.717) is 12.5 Å². The molecule has 0 spiro atoms. The number of unbranched alkanes of at least 4 members (excludes halogenated alkanes) is 1. The van der Waals surface area contributed by atoms with Crippen molar-refractivity contribution in [2.24, 2.45) is 5.73 Å². The van der Waals surface area contributed by atoms with Gasteiger partial charge in [-0.1, -0.05) is 42.4 Å². The van der Waals surface area contributed by atoms with E-state index in [-0.39, 0.29) is 0 Å². The van der Waals surface area contributed by atoms with E-state index in [1.54, 1.807) is 0 Å². The van der Waals surface area contributed by atoms with E-state index in [4.69, 9.17) is 5.73 Å². The largest absolute Gasteiger partial charge is 0.363 e. The van der Waals surface area contributed by atoms with Gasteiger partial charge in [-0.05, 0) is 19.3 Å². The first-order valence-corrected chi connectivity index (χ1v) is 6.83. The number of nitrogens with two attached hydrogens (primary N) is 1. The maximum absolute atomic E-state index is 9.92. The molecule has 1 saturated carbocycles. The highest BCUT2D eigenvalue weighted by molar-refractivity contribution is 14.1. The van der Waals surface area contributed by atoms with Gasteiger partial charge in [-0.2, -0.15) is 0 Å². The first kappa shape index (κ1) is 13.6. The van der Waals surface area contributed by atoms with Crippen LogP contribution in [0.4, 0.5) is 0 Å². The van der Waals surface area contributed by atoms with Crippen molar-refractivity contribution in [2.75, 3.05) is 0 Å². The average Bonchev–Trinajstić information content (AvgIpc) is 2.97. The second-order valence-electron chi connectivity index (χ2n) is 4.34. The van der Waals surface area contributed by atoms with E-state index >= 15 is 0 Å². The number of aliphatic hydroxyl groups is 2. The van der Waals surface area contributed by atoms with E-state index in [9.17, 15) is 10.2 Å². The van der Waals surface area contributed by atoms with Crippen LogP contribution in [-0.4, -0.2) is 32.1 Å². The Hall–Kier alpha value is 0.570. The zero-order chi connectivity index (χ0) is 11.5. The summed E-state index contributed by atoms with van der Waals surface area (Å²) in [5.74, 6) is -1.81. The molecule has 5 heteroatoms. The number of halogens is 1. The summed E-state index contributed by atoms with van der Waals surface area (Å²) < 4.78 is -0.394. The molecule has 0 bridgehead atoms. The number of hydrogen-bond donors (Lipinski definition) is 4. The van der Waals surface area contributed by atoms with Crippen LogP contribution in [-0.2, 0) is 0 Å². The highest BCUT2D eigenvalue weighted by Gasteiger charge is 2.41. The summed E-state index contributed by atoms with van der Waals surface area (Å²) in [6.07, 6.45) is 4.84. The van der Waals surface area contributed by atoms with Crippen LogP contribution in [0.1, 0.15) is 39.0 Å². The zero-order valence-electron chi connectivity index (χ0n) is 9.12. The van der Waals surface area contributed by atoms with E-state index in [1.165, 1.54) is 0 Å². The highest BCUT2D eigenvalue weighted by Crippen LogP contribution is 2.26. The Labute approximate surface area is 105 Å². The SMILES string of the molecule is CCCC[C@H](N)C(O)(O)C(I)NC1CC1. The van der Waals surface area contributed by atoms with Crippen molar-refractivity contribution in [1.29, 1.82) is 0 Å². The third-order valence-electron chi connectivity index (χ3n) is 2.75. The Kier molecular flexibility index (Phi) is 5.24. The Morgan fingerprint density at radius 3 is 2.60 bits per heavy atom. The topological polar surface area (TPSA) is 78.5 Å². The minimum Gasteiger partial charge on any atom is -0.363 e. The molecule has 1 rings (SSSR count). The van der Waals surface area contributed by atoms with Gasteiger partial charge in [-0.25, -0.2) is 0 Å². The van der Waals surface area contributed by atoms with Gasteiger partial charge in [0.2, 0.25) is 5.79 Å². The van der Waals surface area contributed by atoms with Crippen LogP contribution in [0.3, 0.4) is 0 Å². The van der Waals surface area contributed by atoms with Crippen LogP contribution >= 0.6 is 22.6 Å². The zero-order valence-corrected chi connectivity index (χ0v) is 11.3. The maximum atomic E-state index is 9.92. The fraction of sp³-hybridized carbons (Fsp3) is 1.00. The molecular formula is C10H21IN2O2. The summed E-state index contributed by atoms with van der Waals surface area (Å²) >= 11 is 2.02. The Morgan fingerprint density at radius 1 is 1.53 bits per heavy atom. The Bertz CT molecular complexity index is 198. The minimum absolute atomic E-state index is 0.394. The van der Waals surface area contributed by atoms with Crippen molar-refractivity contribution in [3.8, 4) is 0 Å². The molecule has 0 heterocycles. The molecule has 1 fully saturated rings. The molecule has 0 aromatic carbocycles. The van der Waals surface area contributed by atoms with Gasteiger partial charge < -0.3 is 15.9 Å². The van der Waals surface area contributed by atoms with E-state index < -0.39 is 15.9 Å². The van der Waals surface area contributed by atoms with Crippen molar-refractivity contribution < 1.29 is 10.2 Å². The number of nitrogens with one attached hydrogen (secondary N) is 1. The average molecular weight is 328 g/mol.